The number of carbonyl (C=O) groups is 4. The number of para-hydroxylation sites is 1. The average Bonchev–Trinajstić information content (AvgIpc) is 3.33. The van der Waals surface area contributed by atoms with Crippen molar-refractivity contribution in [3.8, 4) is 0 Å². The summed E-state index contributed by atoms with van der Waals surface area (Å²) in [6.45, 7) is 1.82. The van der Waals surface area contributed by atoms with Crippen LogP contribution in [0, 0.1) is 6.92 Å². The molecule has 0 saturated heterocycles. The van der Waals surface area contributed by atoms with Crippen molar-refractivity contribution in [1.82, 2.24) is 0 Å². The van der Waals surface area contributed by atoms with Gasteiger partial charge in [0.2, 0.25) is 0 Å². The van der Waals surface area contributed by atoms with Crippen LogP contribution in [0.4, 0.5) is 11.4 Å². The molecule has 0 radical (unpaired) electrons. The normalized spacial score (nSPS) is 12.8. The van der Waals surface area contributed by atoms with Crippen LogP contribution in [-0.2, 0) is 0 Å². The topological polar surface area (TPSA) is 123 Å². The van der Waals surface area contributed by atoms with Gasteiger partial charge in [0.1, 0.15) is 5.58 Å². The summed E-state index contributed by atoms with van der Waals surface area (Å²) in [6, 6.07) is 17.9. The number of carbonyl (C=O) groups excluding carboxylic acids is 4. The average molecular weight is 439 g/mol. The first-order valence-corrected chi connectivity index (χ1v) is 10.1. The van der Waals surface area contributed by atoms with Crippen LogP contribution in [0.15, 0.2) is 71.1 Å². The van der Waals surface area contributed by atoms with E-state index in [1.54, 1.807) is 30.3 Å². The summed E-state index contributed by atoms with van der Waals surface area (Å²) in [7, 11) is 0. The third-order valence-corrected chi connectivity index (χ3v) is 5.52. The van der Waals surface area contributed by atoms with Crippen molar-refractivity contribution in [3.63, 3.8) is 0 Å². The Hall–Kier alpha value is -4.72. The summed E-state index contributed by atoms with van der Waals surface area (Å²) in [4.78, 5) is 51.2. The molecule has 4 aromatic rings. The van der Waals surface area contributed by atoms with Gasteiger partial charge in [0.05, 0.1) is 16.8 Å². The second-order valence-corrected chi connectivity index (χ2v) is 7.67. The van der Waals surface area contributed by atoms with E-state index in [4.69, 9.17) is 10.2 Å². The molecule has 8 heteroatoms. The monoisotopic (exact) mass is 439 g/mol. The highest BCUT2D eigenvalue weighted by atomic mass is 16.3. The van der Waals surface area contributed by atoms with Crippen molar-refractivity contribution in [2.45, 2.75) is 6.92 Å². The van der Waals surface area contributed by atoms with E-state index in [-0.39, 0.29) is 22.5 Å². The number of nitrogens with one attached hydrogen (secondary N) is 1. The molecule has 1 aromatic heterocycles. The molecule has 0 spiro atoms. The van der Waals surface area contributed by atoms with E-state index in [0.717, 1.165) is 10.5 Å². The fraction of sp³-hybridized carbons (Fsp3) is 0.0400. The highest BCUT2D eigenvalue weighted by Crippen LogP contribution is 2.31. The Morgan fingerprint density at radius 3 is 2.42 bits per heavy atom. The lowest BCUT2D eigenvalue weighted by molar-refractivity contribution is 0.0923. The van der Waals surface area contributed by atoms with Crippen LogP contribution >= 0.6 is 0 Å². The Balaban J connectivity index is 1.42. The summed E-state index contributed by atoms with van der Waals surface area (Å²) in [5.74, 6) is -2.02. The lowest BCUT2D eigenvalue weighted by Gasteiger charge is -2.16. The molecule has 8 nitrogen and oxygen atoms in total. The second-order valence-electron chi connectivity index (χ2n) is 7.67. The first-order chi connectivity index (χ1) is 15.8. The van der Waals surface area contributed by atoms with Crippen LogP contribution in [0.3, 0.4) is 0 Å². The molecule has 0 fully saturated rings. The molecule has 33 heavy (non-hydrogen) atoms. The predicted molar refractivity (Wildman–Crippen MR) is 121 cm³/mol. The molecule has 3 N–H and O–H groups in total. The molecule has 0 bridgehead atoms. The summed E-state index contributed by atoms with van der Waals surface area (Å²) >= 11 is 0. The van der Waals surface area contributed by atoms with Crippen molar-refractivity contribution in [1.29, 1.82) is 0 Å². The van der Waals surface area contributed by atoms with Crippen molar-refractivity contribution >= 4 is 46.0 Å². The number of primary amides is 1. The lowest BCUT2D eigenvalue weighted by Crippen LogP contribution is -2.29. The van der Waals surface area contributed by atoms with Crippen molar-refractivity contribution < 1.29 is 23.6 Å². The van der Waals surface area contributed by atoms with E-state index in [9.17, 15) is 19.2 Å². The van der Waals surface area contributed by atoms with Crippen LogP contribution < -0.4 is 16.0 Å². The summed E-state index contributed by atoms with van der Waals surface area (Å²) < 4.78 is 5.34. The van der Waals surface area contributed by atoms with Gasteiger partial charge in [0.25, 0.3) is 23.6 Å². The fourth-order valence-corrected chi connectivity index (χ4v) is 3.86. The van der Waals surface area contributed by atoms with Crippen molar-refractivity contribution in [3.05, 3.63) is 94.7 Å². The summed E-state index contributed by atoms with van der Waals surface area (Å²) in [5, 5.41) is 3.35. The fourth-order valence-electron chi connectivity index (χ4n) is 3.86. The molecular weight excluding hydrogens is 422 g/mol. The first-order valence-electron chi connectivity index (χ1n) is 10.1. The van der Waals surface area contributed by atoms with E-state index in [2.05, 4.69) is 5.32 Å². The Morgan fingerprint density at radius 1 is 0.909 bits per heavy atom. The highest BCUT2D eigenvalue weighted by Gasteiger charge is 2.37. The molecule has 2 heterocycles. The van der Waals surface area contributed by atoms with E-state index in [1.807, 2.05) is 19.1 Å². The van der Waals surface area contributed by atoms with E-state index in [0.29, 0.717) is 22.3 Å². The molecule has 3 aromatic carbocycles. The van der Waals surface area contributed by atoms with E-state index >= 15 is 0 Å². The Morgan fingerprint density at radius 2 is 1.67 bits per heavy atom. The summed E-state index contributed by atoms with van der Waals surface area (Å²) in [6.07, 6.45) is 0. The van der Waals surface area contributed by atoms with Gasteiger partial charge in [-0.25, -0.2) is 4.90 Å². The number of furan rings is 1. The van der Waals surface area contributed by atoms with Gasteiger partial charge in [-0.3, -0.25) is 19.2 Å². The molecule has 0 saturated carbocycles. The molecule has 5 rings (SSSR count). The van der Waals surface area contributed by atoms with Crippen molar-refractivity contribution in [2.24, 2.45) is 5.73 Å². The largest absolute Gasteiger partial charge is 0.451 e. The molecule has 4 amide bonds. The molecule has 162 valence electrons. The zero-order valence-corrected chi connectivity index (χ0v) is 17.4. The van der Waals surface area contributed by atoms with Crippen molar-refractivity contribution in [2.75, 3.05) is 10.2 Å². The maximum atomic E-state index is 13.0. The molecular formula is C25H17N3O5. The zero-order valence-electron chi connectivity index (χ0n) is 17.4. The van der Waals surface area contributed by atoms with Crippen LogP contribution in [0.1, 0.15) is 47.2 Å². The summed E-state index contributed by atoms with van der Waals surface area (Å²) in [5.41, 5.74) is 8.11. The van der Waals surface area contributed by atoms with E-state index < -0.39 is 23.6 Å². The Bertz CT molecular complexity index is 1500. The standard InChI is InChI=1S/C25H17N3O5/c1-13-4-2-3-5-19(13)28-24(31)17-8-6-14(11-18(17)25(28)32)23(30)27-16-7-9-20-15(10-16)12-21(33-20)22(26)29/h2-12H,1H3,(H2,26,29)(H,27,30). The number of imide groups is 1. The number of nitrogens with zero attached hydrogens (tertiary/aromatic N) is 1. The maximum Gasteiger partial charge on any atom is 0.284 e. The lowest BCUT2D eigenvalue weighted by atomic mass is 10.1. The van der Waals surface area contributed by atoms with Gasteiger partial charge in [0, 0.05) is 16.6 Å². The molecule has 0 unspecified atom stereocenters. The highest BCUT2D eigenvalue weighted by molar-refractivity contribution is 6.35. The van der Waals surface area contributed by atoms with Gasteiger partial charge in [-0.05, 0) is 61.0 Å². The van der Waals surface area contributed by atoms with Gasteiger partial charge in [0.15, 0.2) is 5.76 Å². The number of nitrogens with two attached hydrogens (primary N) is 1. The number of aryl methyl sites for hydroxylation is 1. The van der Waals surface area contributed by atoms with Crippen LogP contribution in [0.25, 0.3) is 11.0 Å². The van der Waals surface area contributed by atoms with Gasteiger partial charge in [-0.15, -0.1) is 0 Å². The minimum Gasteiger partial charge on any atom is -0.451 e. The van der Waals surface area contributed by atoms with E-state index in [1.165, 1.54) is 24.3 Å². The van der Waals surface area contributed by atoms with Crippen LogP contribution in [-0.4, -0.2) is 23.6 Å². The second kappa shape index (κ2) is 7.45. The number of rotatable bonds is 4. The zero-order chi connectivity index (χ0) is 23.3. The molecule has 0 atom stereocenters. The van der Waals surface area contributed by atoms with Gasteiger partial charge in [-0.1, -0.05) is 18.2 Å². The first kappa shape index (κ1) is 20.2. The smallest absolute Gasteiger partial charge is 0.284 e. The molecule has 0 aliphatic carbocycles. The Kier molecular flexibility index (Phi) is 4.56. The van der Waals surface area contributed by atoms with Gasteiger partial charge < -0.3 is 15.5 Å². The third kappa shape index (κ3) is 3.34. The number of hydrogen-bond acceptors (Lipinski definition) is 5. The molecule has 1 aliphatic rings. The van der Waals surface area contributed by atoms with Gasteiger partial charge in [-0.2, -0.15) is 0 Å². The quantitative estimate of drug-likeness (QED) is 0.467. The maximum absolute atomic E-state index is 13.0. The minimum absolute atomic E-state index is 0.0217. The van der Waals surface area contributed by atoms with Crippen LogP contribution in [0.2, 0.25) is 0 Å². The third-order valence-electron chi connectivity index (χ3n) is 5.52. The Labute approximate surface area is 187 Å². The number of anilines is 2. The van der Waals surface area contributed by atoms with Crippen LogP contribution in [0.5, 0.6) is 0 Å². The molecule has 1 aliphatic heterocycles. The number of fused-ring (bicyclic) bond motifs is 2. The number of hydrogen-bond donors (Lipinski definition) is 2. The number of benzene rings is 3. The van der Waals surface area contributed by atoms with Gasteiger partial charge >= 0.3 is 0 Å². The SMILES string of the molecule is Cc1ccccc1N1C(=O)c2ccc(C(=O)Nc3ccc4oc(C(N)=O)cc4c3)cc2C1=O. The number of amides is 4. The predicted octanol–water partition coefficient (Wildman–Crippen LogP) is 3.89. The minimum atomic E-state index is -0.686.